The molecule has 0 unspecified atom stereocenters. The van der Waals surface area contributed by atoms with Gasteiger partial charge in [-0.25, -0.2) is 9.97 Å². The molecule has 0 atom stereocenters. The molecule has 5 rings (SSSR count). The molecule has 1 saturated heterocycles. The molecule has 3 heterocycles. The standard InChI is InChI=1S/C22H25ClN4/c23-21-19-20(17-7-4-8-18(17)25-21)27(14-11-15-9-12-24-13-10-15)22(26-19)16-5-2-1-3-6-16/h1-3,5-6,15,24H,4,7-14H2. The van der Waals surface area contributed by atoms with E-state index >= 15 is 0 Å². The molecule has 1 aliphatic carbocycles. The second-order valence-corrected chi connectivity index (χ2v) is 8.17. The number of halogens is 1. The molecule has 0 bridgehead atoms. The van der Waals surface area contributed by atoms with Crippen LogP contribution in [0.25, 0.3) is 22.4 Å². The van der Waals surface area contributed by atoms with E-state index in [4.69, 9.17) is 16.6 Å². The minimum Gasteiger partial charge on any atom is -0.324 e. The normalized spacial score (nSPS) is 17.5. The van der Waals surface area contributed by atoms with Crippen LogP contribution in [0.15, 0.2) is 30.3 Å². The molecule has 1 fully saturated rings. The van der Waals surface area contributed by atoms with Crippen LogP contribution in [0.2, 0.25) is 5.15 Å². The lowest BCUT2D eigenvalue weighted by Crippen LogP contribution is -2.28. The summed E-state index contributed by atoms with van der Waals surface area (Å²) in [4.78, 5) is 9.64. The highest BCUT2D eigenvalue weighted by Gasteiger charge is 2.25. The van der Waals surface area contributed by atoms with Crippen molar-refractivity contribution in [1.29, 1.82) is 0 Å². The Labute approximate surface area is 165 Å². The van der Waals surface area contributed by atoms with E-state index in [0.717, 1.165) is 61.7 Å². The van der Waals surface area contributed by atoms with Crippen LogP contribution in [0.1, 0.15) is 36.9 Å². The summed E-state index contributed by atoms with van der Waals surface area (Å²) in [5.74, 6) is 1.82. The molecule has 0 radical (unpaired) electrons. The average Bonchev–Trinajstić information content (AvgIpc) is 3.32. The Morgan fingerprint density at radius 3 is 2.70 bits per heavy atom. The Bertz CT molecular complexity index is 958. The Morgan fingerprint density at radius 2 is 1.89 bits per heavy atom. The molecule has 1 N–H and O–H groups in total. The van der Waals surface area contributed by atoms with Crippen molar-refractivity contribution in [2.24, 2.45) is 5.92 Å². The summed E-state index contributed by atoms with van der Waals surface area (Å²) in [5.41, 5.74) is 5.81. The Balaban J connectivity index is 1.63. The third-order valence-electron chi connectivity index (χ3n) is 6.12. The van der Waals surface area contributed by atoms with E-state index in [-0.39, 0.29) is 0 Å². The number of pyridine rings is 1. The summed E-state index contributed by atoms with van der Waals surface area (Å²) in [5, 5.41) is 4.03. The molecule has 0 saturated carbocycles. The van der Waals surface area contributed by atoms with Crippen molar-refractivity contribution in [2.75, 3.05) is 13.1 Å². The topological polar surface area (TPSA) is 42.7 Å². The van der Waals surface area contributed by atoms with Gasteiger partial charge in [-0.15, -0.1) is 0 Å². The number of rotatable bonds is 4. The van der Waals surface area contributed by atoms with Crippen molar-refractivity contribution in [3.8, 4) is 11.4 Å². The van der Waals surface area contributed by atoms with Gasteiger partial charge in [0.05, 0.1) is 5.52 Å². The number of hydrogen-bond donors (Lipinski definition) is 1. The second-order valence-electron chi connectivity index (χ2n) is 7.81. The van der Waals surface area contributed by atoms with Gasteiger partial charge in [-0.2, -0.15) is 0 Å². The maximum Gasteiger partial charge on any atom is 0.157 e. The molecule has 2 aliphatic rings. The number of aryl methyl sites for hydroxylation is 3. The van der Waals surface area contributed by atoms with E-state index in [9.17, 15) is 0 Å². The molecule has 5 heteroatoms. The minimum absolute atomic E-state index is 0.559. The van der Waals surface area contributed by atoms with Crippen molar-refractivity contribution in [2.45, 2.75) is 45.1 Å². The zero-order valence-electron chi connectivity index (χ0n) is 15.5. The van der Waals surface area contributed by atoms with E-state index in [1.54, 1.807) is 0 Å². The molecule has 140 valence electrons. The largest absolute Gasteiger partial charge is 0.324 e. The SMILES string of the molecule is Clc1nc2c(c3c1nc(-c1ccccc1)n3CCC1CCNCC1)CCC2. The van der Waals surface area contributed by atoms with Crippen LogP contribution in [0.4, 0.5) is 0 Å². The highest BCUT2D eigenvalue weighted by Crippen LogP contribution is 2.36. The van der Waals surface area contributed by atoms with Crippen LogP contribution >= 0.6 is 11.6 Å². The molecule has 3 aromatic rings. The van der Waals surface area contributed by atoms with E-state index < -0.39 is 0 Å². The van der Waals surface area contributed by atoms with Crippen LogP contribution in [-0.2, 0) is 19.4 Å². The molecule has 2 aromatic heterocycles. The summed E-state index contributed by atoms with van der Waals surface area (Å²) in [6.45, 7) is 3.29. The first-order valence-corrected chi connectivity index (χ1v) is 10.5. The second kappa shape index (κ2) is 7.25. The molecule has 27 heavy (non-hydrogen) atoms. The molecular weight excluding hydrogens is 356 g/mol. The molecule has 1 aliphatic heterocycles. The van der Waals surface area contributed by atoms with Crippen LogP contribution in [0.3, 0.4) is 0 Å². The summed E-state index contributed by atoms with van der Waals surface area (Å²) in [6.07, 6.45) is 7.02. The van der Waals surface area contributed by atoms with Gasteiger partial charge in [0.2, 0.25) is 0 Å². The van der Waals surface area contributed by atoms with Gasteiger partial charge in [0, 0.05) is 17.8 Å². The average molecular weight is 381 g/mol. The monoisotopic (exact) mass is 380 g/mol. The number of fused-ring (bicyclic) bond motifs is 3. The van der Waals surface area contributed by atoms with Crippen molar-refractivity contribution in [3.63, 3.8) is 0 Å². The lowest BCUT2D eigenvalue weighted by Gasteiger charge is -2.23. The van der Waals surface area contributed by atoms with Gasteiger partial charge in [-0.1, -0.05) is 41.9 Å². The van der Waals surface area contributed by atoms with E-state index in [1.165, 1.54) is 36.0 Å². The lowest BCUT2D eigenvalue weighted by molar-refractivity contribution is 0.340. The minimum atomic E-state index is 0.559. The highest BCUT2D eigenvalue weighted by molar-refractivity contribution is 6.34. The van der Waals surface area contributed by atoms with Crippen molar-refractivity contribution in [3.05, 3.63) is 46.7 Å². The Hall–Kier alpha value is -1.91. The van der Waals surface area contributed by atoms with Crippen molar-refractivity contribution < 1.29 is 0 Å². The zero-order chi connectivity index (χ0) is 18.2. The van der Waals surface area contributed by atoms with Crippen LogP contribution in [0, 0.1) is 5.92 Å². The quantitative estimate of drug-likeness (QED) is 0.671. The maximum absolute atomic E-state index is 6.57. The number of hydrogen-bond acceptors (Lipinski definition) is 3. The van der Waals surface area contributed by atoms with Crippen LogP contribution in [-0.4, -0.2) is 27.6 Å². The summed E-state index contributed by atoms with van der Waals surface area (Å²) < 4.78 is 2.43. The predicted octanol–water partition coefficient (Wildman–Crippen LogP) is 4.63. The summed E-state index contributed by atoms with van der Waals surface area (Å²) in [6, 6.07) is 10.5. The Kier molecular flexibility index (Phi) is 4.62. The number of imidazole rings is 1. The van der Waals surface area contributed by atoms with Gasteiger partial charge in [0.1, 0.15) is 11.3 Å². The molecule has 1 aromatic carbocycles. The first-order valence-electron chi connectivity index (χ1n) is 10.1. The summed E-state index contributed by atoms with van der Waals surface area (Å²) >= 11 is 6.57. The van der Waals surface area contributed by atoms with Gasteiger partial charge >= 0.3 is 0 Å². The smallest absolute Gasteiger partial charge is 0.157 e. The summed E-state index contributed by atoms with van der Waals surface area (Å²) in [7, 11) is 0. The molecule has 4 nitrogen and oxygen atoms in total. The number of aromatic nitrogens is 3. The number of nitrogens with one attached hydrogen (secondary N) is 1. The Morgan fingerprint density at radius 1 is 1.07 bits per heavy atom. The number of piperidine rings is 1. The van der Waals surface area contributed by atoms with E-state index in [1.807, 2.05) is 0 Å². The molecule has 0 spiro atoms. The highest BCUT2D eigenvalue weighted by atomic mass is 35.5. The predicted molar refractivity (Wildman–Crippen MR) is 110 cm³/mol. The van der Waals surface area contributed by atoms with Gasteiger partial charge in [-0.3, -0.25) is 0 Å². The number of benzene rings is 1. The third kappa shape index (κ3) is 3.15. The first-order chi connectivity index (χ1) is 13.3. The van der Waals surface area contributed by atoms with Gasteiger partial charge < -0.3 is 9.88 Å². The third-order valence-corrected chi connectivity index (χ3v) is 6.39. The number of nitrogens with zero attached hydrogens (tertiary/aromatic N) is 3. The van der Waals surface area contributed by atoms with E-state index in [2.05, 4.69) is 45.2 Å². The molecular formula is C22H25ClN4. The van der Waals surface area contributed by atoms with Gasteiger partial charge in [0.15, 0.2) is 5.15 Å². The fourth-order valence-electron chi connectivity index (χ4n) is 4.69. The van der Waals surface area contributed by atoms with Crippen LogP contribution < -0.4 is 5.32 Å². The van der Waals surface area contributed by atoms with Crippen LogP contribution in [0.5, 0.6) is 0 Å². The van der Waals surface area contributed by atoms with E-state index in [0.29, 0.717) is 5.15 Å². The first kappa shape index (κ1) is 17.2. The van der Waals surface area contributed by atoms with Gasteiger partial charge in [0.25, 0.3) is 0 Å². The fourth-order valence-corrected chi connectivity index (χ4v) is 4.92. The zero-order valence-corrected chi connectivity index (χ0v) is 16.3. The lowest BCUT2D eigenvalue weighted by atomic mass is 9.94. The van der Waals surface area contributed by atoms with Gasteiger partial charge in [-0.05, 0) is 63.1 Å². The van der Waals surface area contributed by atoms with Crippen molar-refractivity contribution in [1.82, 2.24) is 19.9 Å². The van der Waals surface area contributed by atoms with Crippen molar-refractivity contribution >= 4 is 22.6 Å². The molecule has 0 amide bonds. The maximum atomic E-state index is 6.57. The fraction of sp³-hybridized carbons (Fsp3) is 0.455.